The molecule has 0 aromatic carbocycles. The molecule has 1 heteroatoms. The van der Waals surface area contributed by atoms with Crippen LogP contribution in [0, 0.1) is 0 Å². The Kier molecular flexibility index (Phi) is 3.67. The van der Waals surface area contributed by atoms with Crippen molar-refractivity contribution in [1.29, 1.82) is 0 Å². The highest BCUT2D eigenvalue weighted by atomic mass is 16.3. The van der Waals surface area contributed by atoms with Gasteiger partial charge in [-0.05, 0) is 13.0 Å². The van der Waals surface area contributed by atoms with Gasteiger partial charge in [-0.1, -0.05) is 24.8 Å². The van der Waals surface area contributed by atoms with E-state index in [-0.39, 0.29) is 5.76 Å². The first-order valence-electron chi connectivity index (χ1n) is 2.44. The van der Waals surface area contributed by atoms with Gasteiger partial charge in [0.05, 0.1) is 0 Å². The molecule has 0 aliphatic carbocycles. The van der Waals surface area contributed by atoms with Crippen molar-refractivity contribution in [2.24, 2.45) is 0 Å². The predicted molar refractivity (Wildman–Crippen MR) is 35.7 cm³/mol. The minimum atomic E-state index is 0.0862. The molecule has 0 heterocycles. The summed E-state index contributed by atoms with van der Waals surface area (Å²) in [4.78, 5) is 0. The van der Waals surface area contributed by atoms with E-state index in [0.29, 0.717) is 0 Å². The lowest BCUT2D eigenvalue weighted by molar-refractivity contribution is 0.435. The summed E-state index contributed by atoms with van der Waals surface area (Å²) in [5, 5.41) is 8.46. The fourth-order valence-electron chi connectivity index (χ4n) is 0.278. The van der Waals surface area contributed by atoms with Crippen LogP contribution in [-0.2, 0) is 0 Å². The second kappa shape index (κ2) is 4.19. The molecule has 0 saturated carbocycles. The average Bonchev–Trinajstić information content (AvgIpc) is 1.66. The lowest BCUT2D eigenvalue weighted by Crippen LogP contribution is -1.63. The van der Waals surface area contributed by atoms with Crippen molar-refractivity contribution in [1.82, 2.24) is 0 Å². The zero-order valence-corrected chi connectivity index (χ0v) is 4.96. The van der Waals surface area contributed by atoms with E-state index in [1.165, 1.54) is 6.08 Å². The molecule has 0 bridgehead atoms. The van der Waals surface area contributed by atoms with Crippen LogP contribution in [0.5, 0.6) is 0 Å². The van der Waals surface area contributed by atoms with Gasteiger partial charge in [0.15, 0.2) is 0 Å². The molecular formula is C7H10O. The lowest BCUT2D eigenvalue weighted by Gasteiger charge is -1.78. The van der Waals surface area contributed by atoms with Gasteiger partial charge in [0.2, 0.25) is 0 Å². The van der Waals surface area contributed by atoms with Crippen molar-refractivity contribution in [3.8, 4) is 0 Å². The third-order valence-corrected chi connectivity index (χ3v) is 0.592. The highest BCUT2D eigenvalue weighted by Gasteiger charge is 1.69. The quantitative estimate of drug-likeness (QED) is 0.426. The molecule has 0 aliphatic rings. The zero-order chi connectivity index (χ0) is 6.41. The van der Waals surface area contributed by atoms with E-state index in [9.17, 15) is 0 Å². The van der Waals surface area contributed by atoms with E-state index in [2.05, 4.69) is 6.58 Å². The lowest BCUT2D eigenvalue weighted by atomic mass is 10.4. The predicted octanol–water partition coefficient (Wildman–Crippen LogP) is 2.19. The second-order valence-corrected chi connectivity index (χ2v) is 1.38. The van der Waals surface area contributed by atoms with Crippen molar-refractivity contribution in [3.63, 3.8) is 0 Å². The molecule has 0 fully saturated rings. The fraction of sp³-hybridized carbons (Fsp3) is 0.143. The van der Waals surface area contributed by atoms with Gasteiger partial charge in [0, 0.05) is 0 Å². The van der Waals surface area contributed by atoms with E-state index < -0.39 is 0 Å². The van der Waals surface area contributed by atoms with Gasteiger partial charge >= 0.3 is 0 Å². The SMILES string of the molecule is C=C(O)/C=C\C=C\C. The molecule has 0 radical (unpaired) electrons. The largest absolute Gasteiger partial charge is 0.509 e. The summed E-state index contributed by atoms with van der Waals surface area (Å²) < 4.78 is 0. The van der Waals surface area contributed by atoms with E-state index >= 15 is 0 Å². The van der Waals surface area contributed by atoms with Crippen LogP contribution in [-0.4, -0.2) is 5.11 Å². The second-order valence-electron chi connectivity index (χ2n) is 1.38. The highest BCUT2D eigenvalue weighted by Crippen LogP contribution is 1.84. The fourth-order valence-corrected chi connectivity index (χ4v) is 0.278. The molecule has 1 N–H and O–H groups in total. The van der Waals surface area contributed by atoms with E-state index in [0.717, 1.165) is 0 Å². The Morgan fingerprint density at radius 2 is 2.12 bits per heavy atom. The highest BCUT2D eigenvalue weighted by molar-refractivity contribution is 5.12. The standard InChI is InChI=1S/C7H10O/c1-3-4-5-6-7(2)8/h3-6,8H,2H2,1H3/b4-3+,6-5-. The number of hydrogen-bond acceptors (Lipinski definition) is 1. The Hall–Kier alpha value is -0.980. The Morgan fingerprint density at radius 3 is 2.50 bits per heavy atom. The van der Waals surface area contributed by atoms with Crippen LogP contribution >= 0.6 is 0 Å². The van der Waals surface area contributed by atoms with Gasteiger partial charge in [-0.2, -0.15) is 0 Å². The Morgan fingerprint density at radius 1 is 1.50 bits per heavy atom. The summed E-state index contributed by atoms with van der Waals surface area (Å²) in [7, 11) is 0. The minimum Gasteiger partial charge on any atom is -0.509 e. The van der Waals surface area contributed by atoms with Crippen LogP contribution in [0.4, 0.5) is 0 Å². The van der Waals surface area contributed by atoms with Crippen molar-refractivity contribution < 1.29 is 5.11 Å². The van der Waals surface area contributed by atoms with Crippen LogP contribution in [0.15, 0.2) is 36.6 Å². The molecule has 8 heavy (non-hydrogen) atoms. The monoisotopic (exact) mass is 110 g/mol. The average molecular weight is 110 g/mol. The maximum Gasteiger partial charge on any atom is 0.108 e. The first-order valence-corrected chi connectivity index (χ1v) is 2.44. The smallest absolute Gasteiger partial charge is 0.108 e. The summed E-state index contributed by atoms with van der Waals surface area (Å²) in [6.45, 7) is 5.17. The van der Waals surface area contributed by atoms with Gasteiger partial charge in [-0.25, -0.2) is 0 Å². The molecule has 0 spiro atoms. The molecule has 1 nitrogen and oxygen atoms in total. The number of aliphatic hydroxyl groups is 1. The van der Waals surface area contributed by atoms with Gasteiger partial charge < -0.3 is 5.11 Å². The number of hydrogen-bond donors (Lipinski definition) is 1. The molecule has 0 amide bonds. The van der Waals surface area contributed by atoms with Crippen molar-refractivity contribution in [2.45, 2.75) is 6.92 Å². The molecule has 0 rings (SSSR count). The molecule has 0 aromatic rings. The van der Waals surface area contributed by atoms with Crippen LogP contribution in [0.3, 0.4) is 0 Å². The van der Waals surface area contributed by atoms with Crippen LogP contribution in [0.1, 0.15) is 6.92 Å². The number of allylic oxidation sites excluding steroid dienone is 4. The third kappa shape index (κ3) is 5.02. The molecule has 0 aliphatic heterocycles. The van der Waals surface area contributed by atoms with Gasteiger partial charge in [-0.15, -0.1) is 0 Å². The van der Waals surface area contributed by atoms with Crippen LogP contribution in [0.2, 0.25) is 0 Å². The molecular weight excluding hydrogens is 100 g/mol. The van der Waals surface area contributed by atoms with Gasteiger partial charge in [0.1, 0.15) is 5.76 Å². The first-order chi connectivity index (χ1) is 3.77. The number of rotatable bonds is 2. The minimum absolute atomic E-state index is 0.0862. The Labute approximate surface area is 49.7 Å². The summed E-state index contributed by atoms with van der Waals surface area (Å²) in [5.74, 6) is 0.0862. The molecule has 44 valence electrons. The summed E-state index contributed by atoms with van der Waals surface area (Å²) in [6, 6.07) is 0. The first kappa shape index (κ1) is 7.02. The third-order valence-electron chi connectivity index (χ3n) is 0.592. The van der Waals surface area contributed by atoms with Crippen LogP contribution in [0.25, 0.3) is 0 Å². The van der Waals surface area contributed by atoms with Crippen molar-refractivity contribution in [3.05, 3.63) is 36.6 Å². The molecule has 0 saturated heterocycles. The van der Waals surface area contributed by atoms with Crippen molar-refractivity contribution in [2.75, 3.05) is 0 Å². The Bertz CT molecular complexity index is 120. The summed E-state index contributed by atoms with van der Waals surface area (Å²) in [5.41, 5.74) is 0. The van der Waals surface area contributed by atoms with E-state index in [4.69, 9.17) is 5.11 Å². The van der Waals surface area contributed by atoms with Crippen molar-refractivity contribution >= 4 is 0 Å². The summed E-state index contributed by atoms with van der Waals surface area (Å²) >= 11 is 0. The van der Waals surface area contributed by atoms with Gasteiger partial charge in [0.25, 0.3) is 0 Å². The number of aliphatic hydroxyl groups excluding tert-OH is 1. The van der Waals surface area contributed by atoms with E-state index in [1.54, 1.807) is 6.08 Å². The molecule has 0 aromatic heterocycles. The maximum atomic E-state index is 8.46. The molecule has 0 unspecified atom stereocenters. The maximum absolute atomic E-state index is 8.46. The Balaban J connectivity index is 3.50. The normalized spacial score (nSPS) is 11.1. The van der Waals surface area contributed by atoms with Crippen LogP contribution < -0.4 is 0 Å². The van der Waals surface area contributed by atoms with E-state index in [1.807, 2.05) is 19.1 Å². The topological polar surface area (TPSA) is 20.2 Å². The molecule has 0 atom stereocenters. The zero-order valence-electron chi connectivity index (χ0n) is 4.96. The van der Waals surface area contributed by atoms with Gasteiger partial charge in [-0.3, -0.25) is 0 Å². The summed E-state index contributed by atoms with van der Waals surface area (Å²) in [6.07, 6.45) is 6.95.